The Hall–Kier alpha value is -0.271. The van der Waals surface area contributed by atoms with E-state index in [1.807, 2.05) is 24.5 Å². The van der Waals surface area contributed by atoms with Crippen molar-refractivity contribution >= 4 is 34.9 Å². The van der Waals surface area contributed by atoms with E-state index in [1.54, 1.807) is 4.90 Å². The summed E-state index contributed by atoms with van der Waals surface area (Å²) in [5.74, 6) is 0. The number of pyridine rings is 2. The van der Waals surface area contributed by atoms with Crippen LogP contribution in [0, 0.1) is 0 Å². The number of nitrogens with one attached hydrogen (secondary N) is 1. The monoisotopic (exact) mass is 505 g/mol. The standard InChI is InChI=1S/C14H17N2PSe2.C6H15N/c18-17(19,11-7-13-5-1-3-9-15-13)12-8-14-6-2-4-10-16-14;1-4-7(5-2)6-3/h1-6,9-10H,7-8,11-12H2,(H,18,19);4-6H2,1-3H3. The molecule has 144 valence electrons. The number of quaternary nitrogens is 1. The van der Waals surface area contributed by atoms with Crippen LogP contribution in [0.1, 0.15) is 32.2 Å². The molecule has 0 unspecified atom stereocenters. The van der Waals surface area contributed by atoms with Crippen LogP contribution in [-0.4, -0.2) is 72.6 Å². The molecule has 0 aliphatic carbocycles. The zero-order valence-corrected chi connectivity index (χ0v) is 20.5. The minimum atomic E-state index is -1.10. The van der Waals surface area contributed by atoms with Crippen molar-refractivity contribution in [1.82, 2.24) is 9.97 Å². The average Bonchev–Trinajstić information content (AvgIpc) is 2.69. The van der Waals surface area contributed by atoms with Crippen molar-refractivity contribution in [2.75, 3.05) is 32.0 Å². The Labute approximate surface area is 175 Å². The molecule has 2 rings (SSSR count). The van der Waals surface area contributed by atoms with Crippen molar-refractivity contribution in [2.45, 2.75) is 33.6 Å². The van der Waals surface area contributed by atoms with Crippen molar-refractivity contribution in [3.05, 3.63) is 60.2 Å². The normalized spacial score (nSPS) is 11.1. The van der Waals surface area contributed by atoms with Gasteiger partial charge in [0.1, 0.15) is 0 Å². The predicted molar refractivity (Wildman–Crippen MR) is 117 cm³/mol. The van der Waals surface area contributed by atoms with Crippen molar-refractivity contribution in [3.8, 4) is 0 Å². The molecule has 0 aliphatic heterocycles. The second-order valence-corrected chi connectivity index (χ2v) is 21.1. The molecule has 0 spiro atoms. The number of aromatic nitrogens is 2. The topological polar surface area (TPSA) is 30.2 Å². The molecule has 0 saturated heterocycles. The minimum absolute atomic E-state index is 1.04. The van der Waals surface area contributed by atoms with Crippen molar-refractivity contribution < 1.29 is 4.90 Å². The molecule has 0 saturated carbocycles. The molecule has 26 heavy (non-hydrogen) atoms. The molecule has 1 N–H and O–H groups in total. The van der Waals surface area contributed by atoms with Gasteiger partial charge in [0.05, 0.1) is 19.6 Å². The molecule has 0 aliphatic rings. The van der Waals surface area contributed by atoms with Crippen LogP contribution in [0.5, 0.6) is 0 Å². The first-order valence-electron chi connectivity index (χ1n) is 9.43. The van der Waals surface area contributed by atoms with E-state index in [-0.39, 0.29) is 0 Å². The molecule has 2 aromatic heterocycles. The summed E-state index contributed by atoms with van der Waals surface area (Å²) in [5.41, 5.74) is 2.35. The van der Waals surface area contributed by atoms with E-state index in [4.69, 9.17) is 0 Å². The van der Waals surface area contributed by atoms with Gasteiger partial charge in [-0.15, -0.1) is 0 Å². The Morgan fingerprint density at radius 1 is 0.846 bits per heavy atom. The molecule has 0 bridgehead atoms. The number of nitrogens with zero attached hydrogens (tertiary/aromatic N) is 2. The maximum absolute atomic E-state index is 4.38. The van der Waals surface area contributed by atoms with E-state index in [2.05, 4.69) is 85.7 Å². The quantitative estimate of drug-likeness (QED) is 0.421. The molecule has 0 amide bonds. The second kappa shape index (κ2) is 13.8. The average molecular weight is 503 g/mol. The molecule has 2 aromatic rings. The van der Waals surface area contributed by atoms with Crippen LogP contribution in [0.25, 0.3) is 0 Å². The van der Waals surface area contributed by atoms with E-state index >= 15 is 0 Å². The molecule has 0 fully saturated rings. The fourth-order valence-electron chi connectivity index (χ4n) is 2.52. The number of aryl methyl sites for hydroxylation is 2. The van der Waals surface area contributed by atoms with Gasteiger partial charge >= 0.3 is 130 Å². The van der Waals surface area contributed by atoms with Crippen LogP contribution in [0.2, 0.25) is 0 Å². The summed E-state index contributed by atoms with van der Waals surface area (Å²) in [6, 6.07) is 12.2. The van der Waals surface area contributed by atoms with Gasteiger partial charge in [-0.05, 0) is 20.8 Å². The summed E-state index contributed by atoms with van der Waals surface area (Å²) >= 11 is 6.79. The zero-order valence-electron chi connectivity index (χ0n) is 16.2. The second-order valence-electron chi connectivity index (χ2n) is 6.21. The van der Waals surface area contributed by atoms with E-state index in [9.17, 15) is 0 Å². The fourth-order valence-corrected chi connectivity index (χ4v) is 6.19. The van der Waals surface area contributed by atoms with Gasteiger partial charge in [-0.1, -0.05) is 0 Å². The van der Waals surface area contributed by atoms with Gasteiger partial charge in [0.25, 0.3) is 0 Å². The summed E-state index contributed by atoms with van der Waals surface area (Å²) in [5, 5.41) is 0. The van der Waals surface area contributed by atoms with Gasteiger partial charge in [-0.25, -0.2) is 0 Å². The van der Waals surface area contributed by atoms with Crippen LogP contribution in [-0.2, 0) is 12.8 Å². The van der Waals surface area contributed by atoms with E-state index in [0.717, 1.165) is 25.2 Å². The van der Waals surface area contributed by atoms with Crippen LogP contribution < -0.4 is 4.90 Å². The number of hydrogen-bond acceptors (Lipinski definition) is 2. The SMILES string of the molecule is CC[NH+](CC)CC.[Se]=P([Se-])(CCc1ccccn1)CCc1ccccn1. The Morgan fingerprint density at radius 2 is 1.27 bits per heavy atom. The zero-order chi connectivity index (χ0) is 19.3. The Morgan fingerprint density at radius 3 is 1.54 bits per heavy atom. The summed E-state index contributed by atoms with van der Waals surface area (Å²) in [6.07, 6.45) is 8.13. The summed E-state index contributed by atoms with van der Waals surface area (Å²) in [7, 11) is 0. The maximum atomic E-state index is 4.38. The predicted octanol–water partition coefficient (Wildman–Crippen LogP) is 2.38. The summed E-state index contributed by atoms with van der Waals surface area (Å²) < 4.78 is -1.10. The molecule has 0 atom stereocenters. The molecule has 6 heteroatoms. The molecule has 2 heterocycles. The van der Waals surface area contributed by atoms with Gasteiger partial charge in [-0.2, -0.15) is 0 Å². The summed E-state index contributed by atoms with van der Waals surface area (Å²) in [4.78, 5) is 10.4. The molecular weight excluding hydrogens is 471 g/mol. The molecular formula is C20H32N3PSe2. The van der Waals surface area contributed by atoms with Crippen molar-refractivity contribution in [2.24, 2.45) is 0 Å². The Balaban J connectivity index is 0.000000412. The third-order valence-electron chi connectivity index (χ3n) is 4.37. The number of hydrogen-bond donors (Lipinski definition) is 1. The van der Waals surface area contributed by atoms with Gasteiger partial charge < -0.3 is 4.90 Å². The first kappa shape index (κ1) is 23.8. The van der Waals surface area contributed by atoms with Gasteiger partial charge in [0, 0.05) is 0 Å². The molecule has 0 aromatic carbocycles. The van der Waals surface area contributed by atoms with E-state index in [0.29, 0.717) is 0 Å². The Kier molecular flexibility index (Phi) is 12.6. The number of rotatable bonds is 9. The van der Waals surface area contributed by atoms with E-state index < -0.39 is 4.20 Å². The van der Waals surface area contributed by atoms with Gasteiger partial charge in [0.15, 0.2) is 0 Å². The third-order valence-corrected chi connectivity index (χ3v) is 10.8. The summed E-state index contributed by atoms with van der Waals surface area (Å²) in [6.45, 7) is 10.5. The van der Waals surface area contributed by atoms with Gasteiger partial charge in [0.2, 0.25) is 0 Å². The fraction of sp³-hybridized carbons (Fsp3) is 0.500. The van der Waals surface area contributed by atoms with Gasteiger partial charge in [-0.3, -0.25) is 0 Å². The Bertz CT molecular complexity index is 581. The third kappa shape index (κ3) is 10.8. The van der Waals surface area contributed by atoms with Crippen LogP contribution in [0.3, 0.4) is 0 Å². The molecule has 0 radical (unpaired) electrons. The molecule has 3 nitrogen and oxygen atoms in total. The van der Waals surface area contributed by atoms with E-state index in [1.165, 1.54) is 31.0 Å². The van der Waals surface area contributed by atoms with Crippen LogP contribution in [0.4, 0.5) is 0 Å². The van der Waals surface area contributed by atoms with Crippen molar-refractivity contribution in [3.63, 3.8) is 0 Å². The van der Waals surface area contributed by atoms with Crippen molar-refractivity contribution in [1.29, 1.82) is 0 Å². The van der Waals surface area contributed by atoms with Crippen LogP contribution in [0.15, 0.2) is 48.8 Å². The first-order chi connectivity index (χ1) is 12.5. The van der Waals surface area contributed by atoms with Crippen LogP contribution >= 0.6 is 4.20 Å². The first-order valence-corrected chi connectivity index (χ1v) is 16.0.